The van der Waals surface area contributed by atoms with E-state index in [2.05, 4.69) is 4.99 Å². The maximum Gasteiger partial charge on any atom is 0.338 e. The van der Waals surface area contributed by atoms with Gasteiger partial charge in [0.05, 0.1) is 34.4 Å². The number of carboxylic acid groups (broad SMARTS) is 1. The molecule has 1 aliphatic heterocycles. The van der Waals surface area contributed by atoms with Gasteiger partial charge in [0.25, 0.3) is 5.56 Å². The van der Waals surface area contributed by atoms with Crippen LogP contribution in [0.25, 0.3) is 17.4 Å². The summed E-state index contributed by atoms with van der Waals surface area (Å²) in [7, 11) is 3.87. The lowest BCUT2D eigenvalue weighted by Gasteiger charge is -2.25. The van der Waals surface area contributed by atoms with Crippen molar-refractivity contribution in [1.29, 1.82) is 0 Å². The first kappa shape index (κ1) is 26.9. The van der Waals surface area contributed by atoms with E-state index in [0.717, 1.165) is 11.3 Å². The average molecular weight is 557 g/mol. The van der Waals surface area contributed by atoms with Crippen molar-refractivity contribution in [2.24, 2.45) is 4.99 Å². The number of aromatic carboxylic acids is 1. The third kappa shape index (κ3) is 4.89. The highest BCUT2D eigenvalue weighted by molar-refractivity contribution is 7.07. The van der Waals surface area contributed by atoms with Crippen molar-refractivity contribution in [3.63, 3.8) is 0 Å². The van der Waals surface area contributed by atoms with Crippen LogP contribution in [0.3, 0.4) is 0 Å². The molecule has 2 aromatic carbocycles. The summed E-state index contributed by atoms with van der Waals surface area (Å²) < 4.78 is 13.1. The Bertz CT molecular complexity index is 1830. The second kappa shape index (κ2) is 10.8. The van der Waals surface area contributed by atoms with Gasteiger partial charge in [0, 0.05) is 37.0 Å². The molecule has 0 bridgehead atoms. The quantitative estimate of drug-likeness (QED) is 0.321. The number of ether oxygens (including phenoxy) is 1. The number of rotatable bonds is 7. The Hall–Kier alpha value is -4.70. The number of nitrogens with zero attached hydrogens (tertiary/aromatic N) is 3. The molecule has 0 aliphatic carbocycles. The largest absolute Gasteiger partial charge is 0.545 e. The van der Waals surface area contributed by atoms with Crippen LogP contribution in [0.4, 0.5) is 5.69 Å². The Balaban J connectivity index is 1.63. The zero-order chi connectivity index (χ0) is 28.6. The highest BCUT2D eigenvalue weighted by Gasteiger charge is 2.33. The van der Waals surface area contributed by atoms with Crippen LogP contribution in [0.2, 0.25) is 0 Å². The first-order valence-corrected chi connectivity index (χ1v) is 13.4. The SMILES string of the molecule is CCOC(=O)C1=C(C)N=c2s/c(=C\c3ccc(-c4ccccc4C(=O)[O-])o3)c(=O)n2[C@H]1c1ccc(N(C)C)cc1. The van der Waals surface area contributed by atoms with E-state index in [9.17, 15) is 19.5 Å². The maximum atomic E-state index is 13.8. The normalized spacial score (nSPS) is 15.0. The van der Waals surface area contributed by atoms with Gasteiger partial charge >= 0.3 is 5.97 Å². The van der Waals surface area contributed by atoms with Crippen LogP contribution in [0, 0.1) is 0 Å². The molecule has 10 heteroatoms. The third-order valence-electron chi connectivity index (χ3n) is 6.55. The Kier molecular flexibility index (Phi) is 7.27. The van der Waals surface area contributed by atoms with Crippen LogP contribution in [0.1, 0.15) is 41.6 Å². The average Bonchev–Trinajstić information content (AvgIpc) is 3.52. The minimum Gasteiger partial charge on any atom is -0.545 e. The van der Waals surface area contributed by atoms with Crippen LogP contribution >= 0.6 is 11.3 Å². The molecule has 0 amide bonds. The molecule has 0 N–H and O–H groups in total. The number of carbonyl (C=O) groups is 2. The predicted octanol–water partition coefficient (Wildman–Crippen LogP) is 2.49. The summed E-state index contributed by atoms with van der Waals surface area (Å²) in [5.41, 5.74) is 2.54. The number of furan rings is 1. The minimum absolute atomic E-state index is 0.00466. The van der Waals surface area contributed by atoms with Crippen molar-refractivity contribution >= 4 is 35.0 Å². The molecule has 9 nitrogen and oxygen atoms in total. The predicted molar refractivity (Wildman–Crippen MR) is 150 cm³/mol. The molecule has 3 heterocycles. The molecule has 2 aromatic heterocycles. The van der Waals surface area contributed by atoms with Gasteiger partial charge in [0.1, 0.15) is 11.5 Å². The molecule has 0 fully saturated rings. The van der Waals surface area contributed by atoms with E-state index in [-0.39, 0.29) is 17.7 Å². The fourth-order valence-corrected chi connectivity index (χ4v) is 5.67. The number of hydrogen-bond acceptors (Lipinski definition) is 9. The fourth-order valence-electron chi connectivity index (χ4n) is 4.64. The summed E-state index contributed by atoms with van der Waals surface area (Å²) in [5, 5.41) is 11.5. The number of allylic oxidation sites excluding steroid dienone is 1. The van der Waals surface area contributed by atoms with Gasteiger partial charge in [-0.2, -0.15) is 0 Å². The fraction of sp³-hybridized carbons (Fsp3) is 0.200. The van der Waals surface area contributed by atoms with Crippen molar-refractivity contribution < 1.29 is 23.8 Å². The Morgan fingerprint density at radius 2 is 1.85 bits per heavy atom. The molecule has 204 valence electrons. The monoisotopic (exact) mass is 556 g/mol. The highest BCUT2D eigenvalue weighted by atomic mass is 32.1. The zero-order valence-corrected chi connectivity index (χ0v) is 23.2. The van der Waals surface area contributed by atoms with E-state index < -0.39 is 18.0 Å². The van der Waals surface area contributed by atoms with E-state index in [1.54, 1.807) is 50.3 Å². The first-order chi connectivity index (χ1) is 19.2. The van der Waals surface area contributed by atoms with E-state index in [0.29, 0.717) is 37.7 Å². The smallest absolute Gasteiger partial charge is 0.338 e. The van der Waals surface area contributed by atoms with Crippen molar-refractivity contribution in [1.82, 2.24) is 4.57 Å². The number of thiazole rings is 1. The molecule has 5 rings (SSSR count). The Morgan fingerprint density at radius 3 is 2.52 bits per heavy atom. The van der Waals surface area contributed by atoms with Crippen LogP contribution in [-0.2, 0) is 9.53 Å². The summed E-state index contributed by atoms with van der Waals surface area (Å²) in [6.07, 6.45) is 1.59. The van der Waals surface area contributed by atoms with Crippen LogP contribution in [0.15, 0.2) is 86.1 Å². The number of esters is 1. The third-order valence-corrected chi connectivity index (χ3v) is 7.54. The standard InChI is InChI=1S/C30H27N3O6S/c1-5-38-29(37)25-17(2)31-30-33(26(25)18-10-12-19(13-11-18)32(3)4)27(34)24(40-30)16-20-14-15-23(39-20)21-8-6-7-9-22(21)28(35)36/h6-16,26H,5H2,1-4H3,(H,35,36)/p-1/b24-16-/t26-/m0/s1. The van der Waals surface area contributed by atoms with Gasteiger partial charge in [-0.3, -0.25) is 9.36 Å². The molecule has 0 spiro atoms. The van der Waals surface area contributed by atoms with Crippen LogP contribution in [-0.4, -0.2) is 37.2 Å². The Labute approximate surface area is 233 Å². The Morgan fingerprint density at radius 1 is 1.12 bits per heavy atom. The summed E-state index contributed by atoms with van der Waals surface area (Å²) >= 11 is 1.18. The van der Waals surface area contributed by atoms with E-state index in [4.69, 9.17) is 9.15 Å². The molecule has 0 saturated heterocycles. The molecule has 4 aromatic rings. The first-order valence-electron chi connectivity index (χ1n) is 12.6. The number of aromatic nitrogens is 1. The zero-order valence-electron chi connectivity index (χ0n) is 22.3. The lowest BCUT2D eigenvalue weighted by Crippen LogP contribution is -2.39. The molecule has 1 atom stereocenters. The molecule has 0 radical (unpaired) electrons. The number of benzene rings is 2. The molecule has 0 saturated carbocycles. The molecular weight excluding hydrogens is 530 g/mol. The lowest BCUT2D eigenvalue weighted by molar-refractivity contribution is -0.255. The molecule has 40 heavy (non-hydrogen) atoms. The number of carboxylic acids is 1. The summed E-state index contributed by atoms with van der Waals surface area (Å²) in [4.78, 5) is 45.4. The van der Waals surface area contributed by atoms with E-state index in [1.807, 2.05) is 43.3 Å². The number of anilines is 1. The van der Waals surface area contributed by atoms with Gasteiger partial charge in [-0.25, -0.2) is 9.79 Å². The summed E-state index contributed by atoms with van der Waals surface area (Å²) in [6, 6.07) is 16.6. The van der Waals surface area contributed by atoms with Crippen LogP contribution < -0.4 is 24.9 Å². The number of hydrogen-bond donors (Lipinski definition) is 0. The number of fused-ring (bicyclic) bond motifs is 1. The minimum atomic E-state index is -1.31. The second-order valence-corrected chi connectivity index (χ2v) is 10.3. The topological polar surface area (TPSA) is 117 Å². The second-order valence-electron chi connectivity index (χ2n) is 9.32. The summed E-state index contributed by atoms with van der Waals surface area (Å²) in [6.45, 7) is 3.65. The van der Waals surface area contributed by atoms with Gasteiger partial charge in [-0.15, -0.1) is 0 Å². The molecule has 1 aliphatic rings. The van der Waals surface area contributed by atoms with Crippen molar-refractivity contribution in [3.8, 4) is 11.3 Å². The van der Waals surface area contributed by atoms with Gasteiger partial charge < -0.3 is 24.0 Å². The van der Waals surface area contributed by atoms with Crippen molar-refractivity contribution in [2.75, 3.05) is 25.6 Å². The summed E-state index contributed by atoms with van der Waals surface area (Å²) in [5.74, 6) is -1.14. The van der Waals surface area contributed by atoms with E-state index >= 15 is 0 Å². The van der Waals surface area contributed by atoms with Crippen molar-refractivity contribution in [3.05, 3.63) is 109 Å². The van der Waals surface area contributed by atoms with Gasteiger partial charge in [0.15, 0.2) is 4.80 Å². The van der Waals surface area contributed by atoms with E-state index in [1.165, 1.54) is 22.0 Å². The van der Waals surface area contributed by atoms with Gasteiger partial charge in [0.2, 0.25) is 0 Å². The van der Waals surface area contributed by atoms with Crippen LogP contribution in [0.5, 0.6) is 0 Å². The van der Waals surface area contributed by atoms with Crippen molar-refractivity contribution in [2.45, 2.75) is 19.9 Å². The van der Waals surface area contributed by atoms with Gasteiger partial charge in [-0.05, 0) is 43.7 Å². The molecular formula is C30H26N3O6S-. The van der Waals surface area contributed by atoms with Gasteiger partial charge in [-0.1, -0.05) is 47.7 Å². The number of carbonyl (C=O) groups excluding carboxylic acids is 2. The lowest BCUT2D eigenvalue weighted by atomic mass is 9.95. The maximum absolute atomic E-state index is 13.8. The highest BCUT2D eigenvalue weighted by Crippen LogP contribution is 2.32. The molecule has 0 unspecified atom stereocenters.